The van der Waals surface area contributed by atoms with Crippen LogP contribution < -0.4 is 0 Å². The van der Waals surface area contributed by atoms with Crippen LogP contribution in [-0.4, -0.2) is 21.7 Å². The molecular weight excluding hydrogens is 603 g/mol. The average Bonchev–Trinajstić information content (AvgIpc) is 3.53. The van der Waals surface area contributed by atoms with Crippen LogP contribution in [0.25, 0.3) is 64.5 Å². The van der Waals surface area contributed by atoms with Crippen LogP contribution in [0.3, 0.4) is 0 Å². The van der Waals surface area contributed by atoms with Gasteiger partial charge in [0, 0.05) is 58.6 Å². The van der Waals surface area contributed by atoms with E-state index in [1.807, 2.05) is 29.5 Å². The third-order valence-corrected chi connectivity index (χ3v) is 11.3. The number of hydrogen-bond acceptors (Lipinski definition) is 4. The number of allylic oxidation sites excluding steroid dienone is 2. The minimum absolute atomic E-state index is 0.0317. The number of aliphatic imine (C=N–C) groups is 1. The normalized spacial score (nSPS) is 18.4. The molecule has 1 aliphatic heterocycles. The van der Waals surface area contributed by atoms with Crippen molar-refractivity contribution in [2.45, 2.75) is 18.4 Å². The summed E-state index contributed by atoms with van der Waals surface area (Å²) in [4.78, 5) is 15.7. The number of hydrogen-bond donors (Lipinski definition) is 0. The molecule has 0 fully saturated rings. The Morgan fingerprint density at radius 1 is 0.583 bits per heavy atom. The van der Waals surface area contributed by atoms with Gasteiger partial charge >= 0.3 is 0 Å². The van der Waals surface area contributed by atoms with E-state index in [9.17, 15) is 0 Å². The number of thiophene rings is 1. The van der Waals surface area contributed by atoms with E-state index in [1.165, 1.54) is 31.3 Å². The molecule has 2 unspecified atom stereocenters. The average molecular weight is 632 g/mol. The molecule has 0 spiro atoms. The van der Waals surface area contributed by atoms with Crippen LogP contribution in [0, 0.1) is 0 Å². The van der Waals surface area contributed by atoms with E-state index in [2.05, 4.69) is 140 Å². The number of aromatic nitrogens is 2. The zero-order chi connectivity index (χ0) is 31.8. The Balaban J connectivity index is 1.08. The predicted octanol–water partition coefficient (Wildman–Crippen LogP) is 11.1. The van der Waals surface area contributed by atoms with Crippen molar-refractivity contribution in [1.82, 2.24) is 9.97 Å². The lowest BCUT2D eigenvalue weighted by molar-refractivity contribution is 0.518. The van der Waals surface area contributed by atoms with Crippen molar-refractivity contribution in [3.05, 3.63) is 168 Å². The molecule has 48 heavy (non-hydrogen) atoms. The molecule has 10 rings (SSSR count). The van der Waals surface area contributed by atoms with E-state index < -0.39 is 0 Å². The zero-order valence-electron chi connectivity index (χ0n) is 26.3. The summed E-state index contributed by atoms with van der Waals surface area (Å²) >= 11 is 1.90. The molecule has 226 valence electrons. The van der Waals surface area contributed by atoms with Crippen molar-refractivity contribution in [1.29, 1.82) is 0 Å². The highest BCUT2D eigenvalue weighted by molar-refractivity contribution is 7.26. The van der Waals surface area contributed by atoms with Crippen LogP contribution in [0.2, 0.25) is 0 Å². The Hall–Kier alpha value is -5.71. The van der Waals surface area contributed by atoms with Gasteiger partial charge in [-0.3, -0.25) is 4.99 Å². The first-order chi connectivity index (χ1) is 23.6. The van der Waals surface area contributed by atoms with Gasteiger partial charge in [-0.25, -0.2) is 9.97 Å². The first-order valence-corrected chi connectivity index (χ1v) is 17.2. The molecule has 8 aromatic rings. The topological polar surface area (TPSA) is 38.1 Å². The highest BCUT2D eigenvalue weighted by Crippen LogP contribution is 2.48. The molecule has 0 saturated carbocycles. The summed E-state index contributed by atoms with van der Waals surface area (Å²) in [5.41, 5.74) is 10.4. The molecule has 0 radical (unpaired) electrons. The van der Waals surface area contributed by atoms with Crippen molar-refractivity contribution in [2.24, 2.45) is 4.99 Å². The SMILES string of the molecule is CC12C=CC=CC1N=C(c1ccc(-c3ccc4ccc5ccc(-c6ccccc6)nc5c4n3)cc1)c1ccc3c(sc4ccccc43)c12. The van der Waals surface area contributed by atoms with E-state index in [0.717, 1.165) is 55.6 Å². The second-order valence-electron chi connectivity index (χ2n) is 13.0. The number of pyridine rings is 2. The Bertz CT molecular complexity index is 2680. The van der Waals surface area contributed by atoms with Crippen LogP contribution in [-0.2, 0) is 5.41 Å². The van der Waals surface area contributed by atoms with E-state index >= 15 is 0 Å². The van der Waals surface area contributed by atoms with Gasteiger partial charge in [0.05, 0.1) is 34.2 Å². The predicted molar refractivity (Wildman–Crippen MR) is 202 cm³/mol. The van der Waals surface area contributed by atoms with Gasteiger partial charge < -0.3 is 0 Å². The van der Waals surface area contributed by atoms with Crippen LogP contribution in [0.4, 0.5) is 0 Å². The van der Waals surface area contributed by atoms with E-state index in [0.29, 0.717) is 0 Å². The fourth-order valence-electron chi connectivity index (χ4n) is 7.59. The molecule has 2 aliphatic rings. The molecule has 1 aliphatic carbocycles. The summed E-state index contributed by atoms with van der Waals surface area (Å²) in [6, 6.07) is 45.3. The summed E-state index contributed by atoms with van der Waals surface area (Å²) < 4.78 is 2.69. The molecule has 5 aromatic carbocycles. The molecule has 0 bridgehead atoms. The lowest BCUT2D eigenvalue weighted by Crippen LogP contribution is -2.39. The summed E-state index contributed by atoms with van der Waals surface area (Å²) in [5, 5.41) is 4.82. The number of rotatable bonds is 3. The van der Waals surface area contributed by atoms with Gasteiger partial charge in [-0.1, -0.05) is 133 Å². The maximum absolute atomic E-state index is 5.42. The van der Waals surface area contributed by atoms with Crippen LogP contribution in [0.5, 0.6) is 0 Å². The third-order valence-electron chi connectivity index (χ3n) is 10.1. The lowest BCUT2D eigenvalue weighted by atomic mass is 9.69. The number of nitrogens with zero attached hydrogens (tertiary/aromatic N) is 3. The van der Waals surface area contributed by atoms with Crippen LogP contribution >= 0.6 is 11.3 Å². The Kier molecular flexibility index (Phi) is 5.94. The van der Waals surface area contributed by atoms with Gasteiger partial charge in [0.15, 0.2) is 0 Å². The van der Waals surface area contributed by atoms with Crippen molar-refractivity contribution < 1.29 is 0 Å². The summed E-state index contributed by atoms with van der Waals surface area (Å²) in [7, 11) is 0. The highest BCUT2D eigenvalue weighted by Gasteiger charge is 2.41. The second kappa shape index (κ2) is 10.4. The van der Waals surface area contributed by atoms with Gasteiger partial charge in [0.1, 0.15) is 0 Å². The largest absolute Gasteiger partial charge is 0.275 e. The first-order valence-electron chi connectivity index (χ1n) is 16.4. The maximum Gasteiger partial charge on any atom is 0.0972 e. The zero-order valence-corrected chi connectivity index (χ0v) is 27.1. The standard InChI is InChI=1S/C44H29N3S/c1-44-26-8-7-13-38(44)47-40(34-23-22-33-32-11-5-6-12-37(32)48-43(33)39(34)44)29-16-14-28(15-17-29)36-25-21-31-19-18-30-20-24-35(27-9-3-2-4-10-27)45-41(30)42(31)46-36/h2-26,38H,1H3. The number of fused-ring (bicyclic) bond motifs is 10. The lowest BCUT2D eigenvalue weighted by Gasteiger charge is -2.39. The highest BCUT2D eigenvalue weighted by atomic mass is 32.1. The summed E-state index contributed by atoms with van der Waals surface area (Å²) in [6.45, 7) is 2.34. The van der Waals surface area contributed by atoms with E-state index in [1.54, 1.807) is 0 Å². The minimum atomic E-state index is -0.208. The smallest absolute Gasteiger partial charge is 0.0972 e. The Morgan fingerprint density at radius 2 is 1.23 bits per heavy atom. The van der Waals surface area contributed by atoms with Gasteiger partial charge in [-0.15, -0.1) is 11.3 Å². The third kappa shape index (κ3) is 4.09. The maximum atomic E-state index is 5.42. The Morgan fingerprint density at radius 3 is 1.98 bits per heavy atom. The van der Waals surface area contributed by atoms with Gasteiger partial charge in [0.25, 0.3) is 0 Å². The molecule has 3 nitrogen and oxygen atoms in total. The monoisotopic (exact) mass is 631 g/mol. The fraction of sp³-hybridized carbons (Fsp3) is 0.0682. The van der Waals surface area contributed by atoms with E-state index in [4.69, 9.17) is 15.0 Å². The summed E-state index contributed by atoms with van der Waals surface area (Å²) in [5.74, 6) is 0. The molecule has 4 heterocycles. The molecule has 0 saturated heterocycles. The van der Waals surface area contributed by atoms with Gasteiger partial charge in [-0.05, 0) is 30.7 Å². The van der Waals surface area contributed by atoms with Crippen molar-refractivity contribution in [2.75, 3.05) is 0 Å². The van der Waals surface area contributed by atoms with E-state index in [-0.39, 0.29) is 11.5 Å². The molecule has 3 aromatic heterocycles. The molecule has 4 heteroatoms. The molecule has 2 atom stereocenters. The fourth-order valence-corrected chi connectivity index (χ4v) is 8.96. The summed E-state index contributed by atoms with van der Waals surface area (Å²) in [6.07, 6.45) is 8.92. The van der Waals surface area contributed by atoms with Gasteiger partial charge in [-0.2, -0.15) is 0 Å². The van der Waals surface area contributed by atoms with Crippen LogP contribution in [0.15, 0.2) is 157 Å². The Labute approximate surface area is 282 Å². The first kappa shape index (κ1) is 27.4. The van der Waals surface area contributed by atoms with Crippen molar-refractivity contribution in [3.63, 3.8) is 0 Å². The molecule has 0 amide bonds. The van der Waals surface area contributed by atoms with Crippen molar-refractivity contribution >= 4 is 59.0 Å². The quantitative estimate of drug-likeness (QED) is 0.182. The van der Waals surface area contributed by atoms with Crippen LogP contribution in [0.1, 0.15) is 23.6 Å². The minimum Gasteiger partial charge on any atom is -0.275 e. The number of benzene rings is 5. The van der Waals surface area contributed by atoms with Gasteiger partial charge in [0.2, 0.25) is 0 Å². The molecular formula is C44H29N3S. The second-order valence-corrected chi connectivity index (χ2v) is 14.0. The molecule has 0 N–H and O–H groups in total. The van der Waals surface area contributed by atoms with Crippen molar-refractivity contribution in [3.8, 4) is 22.5 Å².